The van der Waals surface area contributed by atoms with Crippen molar-refractivity contribution in [2.45, 2.75) is 37.8 Å². The van der Waals surface area contributed by atoms with E-state index >= 15 is 0 Å². The number of fused-ring (bicyclic) bond motifs is 1. The molecule has 0 saturated heterocycles. The van der Waals surface area contributed by atoms with E-state index in [1.807, 2.05) is 24.3 Å². The number of Topliss-reactive ketones (excluding diaryl/α,β-unsaturated/α-hetero) is 1. The second-order valence-electron chi connectivity index (χ2n) is 8.37. The van der Waals surface area contributed by atoms with Crippen LogP contribution in [0.15, 0.2) is 58.1 Å². The number of aromatic amines is 1. The predicted octanol–water partition coefficient (Wildman–Crippen LogP) is 4.26. The van der Waals surface area contributed by atoms with E-state index in [1.54, 1.807) is 13.2 Å². The first kappa shape index (κ1) is 20.5. The zero-order valence-corrected chi connectivity index (χ0v) is 18.2. The van der Waals surface area contributed by atoms with Gasteiger partial charge in [0.05, 0.1) is 18.6 Å². The molecule has 2 aliphatic rings. The number of rotatable bonds is 5. The molecule has 0 unspecified atom stereocenters. The maximum absolute atomic E-state index is 13.3. The molecular weight excluding hydrogens is 398 g/mol. The molecule has 0 amide bonds. The van der Waals surface area contributed by atoms with Crippen LogP contribution in [0.3, 0.4) is 0 Å². The van der Waals surface area contributed by atoms with Crippen molar-refractivity contribution in [2.24, 2.45) is 5.41 Å². The summed E-state index contributed by atoms with van der Waals surface area (Å²) in [5.74, 6) is 1.32. The van der Waals surface area contributed by atoms with Crippen molar-refractivity contribution in [1.29, 1.82) is 0 Å². The molecule has 2 aromatic rings. The first-order chi connectivity index (χ1) is 14.3. The van der Waals surface area contributed by atoms with Gasteiger partial charge in [0.15, 0.2) is 10.9 Å². The highest BCUT2D eigenvalue weighted by Crippen LogP contribution is 2.49. The van der Waals surface area contributed by atoms with Crippen molar-refractivity contribution in [3.63, 3.8) is 0 Å². The fourth-order valence-corrected chi connectivity index (χ4v) is 4.91. The van der Waals surface area contributed by atoms with Crippen LogP contribution >= 0.6 is 11.8 Å². The summed E-state index contributed by atoms with van der Waals surface area (Å²) in [6, 6.07) is 7.54. The standard InChI is InChI=1S/C23H25N3O3S/c1-5-10-30-22-25-20-19(21(28)26-22)17(13-8-6-7-9-16(13)29-4)18-14(24-20)11-23(2,3)12-15(18)27/h5-9,17H,1,10-12H2,2-4H3,(H2,24,25,26,28)/t17-/m1/s1. The Morgan fingerprint density at radius 2 is 2.07 bits per heavy atom. The maximum Gasteiger partial charge on any atom is 0.257 e. The van der Waals surface area contributed by atoms with Gasteiger partial charge < -0.3 is 15.0 Å². The van der Waals surface area contributed by atoms with Crippen LogP contribution in [0.4, 0.5) is 5.82 Å². The lowest BCUT2D eigenvalue weighted by atomic mass is 9.69. The molecule has 2 heterocycles. The van der Waals surface area contributed by atoms with Crippen LogP contribution in [0.5, 0.6) is 5.75 Å². The number of aromatic nitrogens is 2. The summed E-state index contributed by atoms with van der Waals surface area (Å²) in [6.07, 6.45) is 2.91. The van der Waals surface area contributed by atoms with Gasteiger partial charge in [-0.25, -0.2) is 4.98 Å². The number of H-pyrrole nitrogens is 1. The highest BCUT2D eigenvalue weighted by molar-refractivity contribution is 7.99. The van der Waals surface area contributed by atoms with Crippen LogP contribution in [-0.4, -0.2) is 28.6 Å². The van der Waals surface area contributed by atoms with Gasteiger partial charge in [-0.3, -0.25) is 9.59 Å². The summed E-state index contributed by atoms with van der Waals surface area (Å²) in [5.41, 5.74) is 2.32. The van der Waals surface area contributed by atoms with Crippen molar-refractivity contribution < 1.29 is 9.53 Å². The van der Waals surface area contributed by atoms with Gasteiger partial charge in [-0.15, -0.1) is 6.58 Å². The van der Waals surface area contributed by atoms with Gasteiger partial charge in [0.1, 0.15) is 11.6 Å². The van der Waals surface area contributed by atoms with E-state index in [-0.39, 0.29) is 16.8 Å². The molecule has 0 saturated carbocycles. The Hall–Kier alpha value is -2.80. The normalized spacial score (nSPS) is 19.6. The molecule has 30 heavy (non-hydrogen) atoms. The number of nitrogens with zero attached hydrogens (tertiary/aromatic N) is 1. The molecule has 1 aliphatic heterocycles. The molecular formula is C23H25N3O3S. The fraction of sp³-hybridized carbons (Fsp3) is 0.348. The van der Waals surface area contributed by atoms with Gasteiger partial charge in [-0.05, 0) is 17.9 Å². The molecule has 6 nitrogen and oxygen atoms in total. The minimum absolute atomic E-state index is 0.0554. The number of allylic oxidation sites excluding steroid dienone is 2. The Morgan fingerprint density at radius 3 is 2.80 bits per heavy atom. The molecule has 2 N–H and O–H groups in total. The maximum atomic E-state index is 13.3. The van der Waals surface area contributed by atoms with Crippen LogP contribution in [0, 0.1) is 5.41 Å². The van der Waals surface area contributed by atoms with E-state index in [2.05, 4.69) is 35.7 Å². The SMILES string of the molecule is C=CCSc1nc2c(c(=O)[nH]1)[C@H](c1ccccc1OC)C1=C(CC(C)(C)CC1=O)N2. The Kier molecular flexibility index (Phi) is 5.32. The van der Waals surface area contributed by atoms with E-state index in [0.717, 1.165) is 11.3 Å². The van der Waals surface area contributed by atoms with Crippen LogP contribution < -0.4 is 15.6 Å². The van der Waals surface area contributed by atoms with Gasteiger partial charge in [-0.1, -0.05) is 49.9 Å². The van der Waals surface area contributed by atoms with Crippen LogP contribution in [0.25, 0.3) is 0 Å². The summed E-state index contributed by atoms with van der Waals surface area (Å²) in [6.45, 7) is 7.89. The Labute approximate surface area is 179 Å². The number of hydrogen-bond donors (Lipinski definition) is 2. The summed E-state index contributed by atoms with van der Waals surface area (Å²) in [7, 11) is 1.60. The number of nitrogens with one attached hydrogen (secondary N) is 2. The van der Waals surface area contributed by atoms with E-state index in [0.29, 0.717) is 46.5 Å². The molecule has 7 heteroatoms. The van der Waals surface area contributed by atoms with Crippen molar-refractivity contribution in [3.8, 4) is 5.75 Å². The Bertz CT molecular complexity index is 1120. The van der Waals surface area contributed by atoms with Crippen molar-refractivity contribution in [1.82, 2.24) is 9.97 Å². The number of carbonyl (C=O) groups excluding carboxylic acids is 1. The van der Waals surface area contributed by atoms with Crippen LogP contribution in [0.2, 0.25) is 0 Å². The number of hydrogen-bond acceptors (Lipinski definition) is 6. The Balaban J connectivity index is 1.96. The van der Waals surface area contributed by atoms with E-state index in [4.69, 9.17) is 4.74 Å². The molecule has 4 rings (SSSR count). The van der Waals surface area contributed by atoms with Crippen molar-refractivity contribution in [3.05, 3.63) is 69.7 Å². The average Bonchev–Trinajstić information content (AvgIpc) is 2.69. The highest BCUT2D eigenvalue weighted by atomic mass is 32.2. The van der Waals surface area contributed by atoms with Gasteiger partial charge in [0, 0.05) is 29.0 Å². The molecule has 0 fully saturated rings. The lowest BCUT2D eigenvalue weighted by Gasteiger charge is -2.38. The molecule has 0 bridgehead atoms. The van der Waals surface area contributed by atoms with Gasteiger partial charge >= 0.3 is 0 Å². The third-order valence-electron chi connectivity index (χ3n) is 5.49. The van der Waals surface area contributed by atoms with E-state index < -0.39 is 5.92 Å². The lowest BCUT2D eigenvalue weighted by Crippen LogP contribution is -2.37. The van der Waals surface area contributed by atoms with Gasteiger partial charge in [0.2, 0.25) is 0 Å². The molecule has 1 aromatic carbocycles. The molecule has 1 aliphatic carbocycles. The summed E-state index contributed by atoms with van der Waals surface area (Å²) in [4.78, 5) is 34.0. The first-order valence-corrected chi connectivity index (χ1v) is 10.9. The van der Waals surface area contributed by atoms with Crippen LogP contribution in [-0.2, 0) is 4.79 Å². The topological polar surface area (TPSA) is 84.1 Å². The summed E-state index contributed by atoms with van der Waals surface area (Å²) < 4.78 is 5.58. The molecule has 156 valence electrons. The van der Waals surface area contributed by atoms with Gasteiger partial charge in [0.25, 0.3) is 5.56 Å². The summed E-state index contributed by atoms with van der Waals surface area (Å²) >= 11 is 1.41. The smallest absolute Gasteiger partial charge is 0.257 e. The highest BCUT2D eigenvalue weighted by Gasteiger charge is 2.43. The predicted molar refractivity (Wildman–Crippen MR) is 119 cm³/mol. The monoisotopic (exact) mass is 423 g/mol. The number of thioether (sulfide) groups is 1. The molecule has 1 atom stereocenters. The second kappa shape index (κ2) is 7.80. The molecule has 0 radical (unpaired) electrons. The number of anilines is 1. The van der Waals surface area contributed by atoms with E-state index in [1.165, 1.54) is 11.8 Å². The van der Waals surface area contributed by atoms with Crippen molar-refractivity contribution >= 4 is 23.4 Å². The van der Waals surface area contributed by atoms with Crippen LogP contribution in [0.1, 0.15) is 43.7 Å². The minimum Gasteiger partial charge on any atom is -0.496 e. The number of carbonyl (C=O) groups is 1. The van der Waals surface area contributed by atoms with E-state index in [9.17, 15) is 9.59 Å². The lowest BCUT2D eigenvalue weighted by molar-refractivity contribution is -0.118. The largest absolute Gasteiger partial charge is 0.496 e. The zero-order valence-electron chi connectivity index (χ0n) is 17.4. The van der Waals surface area contributed by atoms with Gasteiger partial charge in [-0.2, -0.15) is 0 Å². The number of benzene rings is 1. The number of ketones is 1. The second-order valence-corrected chi connectivity index (χ2v) is 9.37. The number of methoxy groups -OCH3 is 1. The zero-order chi connectivity index (χ0) is 21.5. The molecule has 1 aromatic heterocycles. The fourth-order valence-electron chi connectivity index (χ4n) is 4.32. The number of para-hydroxylation sites is 1. The third-order valence-corrected chi connectivity index (χ3v) is 6.36. The van der Waals surface area contributed by atoms with Crippen molar-refractivity contribution in [2.75, 3.05) is 18.2 Å². The average molecular weight is 424 g/mol. The summed E-state index contributed by atoms with van der Waals surface area (Å²) in [5, 5.41) is 3.85. The Morgan fingerprint density at radius 1 is 1.30 bits per heavy atom. The quantitative estimate of drug-likeness (QED) is 0.425. The number of ether oxygens (including phenoxy) is 1. The third kappa shape index (κ3) is 3.58. The minimum atomic E-state index is -0.522. The first-order valence-electron chi connectivity index (χ1n) is 9.88. The molecule has 0 spiro atoms.